The first-order valence-electron chi connectivity index (χ1n) is 6.16. The maximum absolute atomic E-state index is 13.1. The molecule has 0 aliphatic carbocycles. The summed E-state index contributed by atoms with van der Waals surface area (Å²) < 4.78 is 39.3. The van der Waals surface area contributed by atoms with Crippen molar-refractivity contribution in [3.63, 3.8) is 0 Å². The molecule has 0 radical (unpaired) electrons. The maximum Gasteiger partial charge on any atom is 0.418 e. The summed E-state index contributed by atoms with van der Waals surface area (Å²) in [5, 5.41) is 0. The smallest absolute Gasteiger partial charge is 0.374 e. The van der Waals surface area contributed by atoms with Gasteiger partial charge in [0.05, 0.1) is 5.56 Å². The molecule has 0 saturated carbocycles. The van der Waals surface area contributed by atoms with Gasteiger partial charge in [-0.05, 0) is 23.1 Å². The van der Waals surface area contributed by atoms with Gasteiger partial charge in [-0.2, -0.15) is 13.2 Å². The number of benzene rings is 1. The number of alkyl halides is 3. The van der Waals surface area contributed by atoms with Gasteiger partial charge in [0, 0.05) is 25.8 Å². The van der Waals surface area contributed by atoms with Crippen LogP contribution in [0.25, 0.3) is 0 Å². The van der Waals surface area contributed by atoms with Gasteiger partial charge in [0.1, 0.15) is 0 Å². The van der Waals surface area contributed by atoms with Crippen molar-refractivity contribution < 1.29 is 13.2 Å². The van der Waals surface area contributed by atoms with Gasteiger partial charge in [-0.25, -0.2) is 0 Å². The lowest BCUT2D eigenvalue weighted by atomic mass is 9.95. The lowest BCUT2D eigenvalue weighted by Crippen LogP contribution is -2.30. The molecule has 2 N–H and O–H groups in total. The summed E-state index contributed by atoms with van der Waals surface area (Å²) in [6.45, 7) is 6.62. The number of nitrogens with two attached hydrogens (primary N) is 1. The second-order valence-electron chi connectivity index (χ2n) is 5.97. The van der Waals surface area contributed by atoms with Gasteiger partial charge in [-0.1, -0.05) is 26.8 Å². The highest BCUT2D eigenvalue weighted by Gasteiger charge is 2.35. The zero-order chi connectivity index (χ0) is 14.8. The van der Waals surface area contributed by atoms with Gasteiger partial charge in [-0.15, -0.1) is 0 Å². The molecule has 0 unspecified atom stereocenters. The summed E-state index contributed by atoms with van der Waals surface area (Å²) in [7, 11) is 1.68. The van der Waals surface area contributed by atoms with Gasteiger partial charge in [0.15, 0.2) is 0 Å². The Morgan fingerprint density at radius 3 is 2.16 bits per heavy atom. The number of hydrogen-bond donors (Lipinski definition) is 1. The first-order chi connectivity index (χ1) is 8.54. The van der Waals surface area contributed by atoms with Crippen LogP contribution in [0.1, 0.15) is 31.9 Å². The SMILES string of the molecule is CN(CC(C)(C)C)c1ccc(CN)cc1C(F)(F)F. The van der Waals surface area contributed by atoms with E-state index in [2.05, 4.69) is 0 Å². The Labute approximate surface area is 112 Å². The average Bonchev–Trinajstić information content (AvgIpc) is 2.24. The fraction of sp³-hybridized carbons (Fsp3) is 0.571. The largest absolute Gasteiger partial charge is 0.418 e. The van der Waals surface area contributed by atoms with Crippen LogP contribution in [-0.2, 0) is 12.7 Å². The lowest BCUT2D eigenvalue weighted by Gasteiger charge is -2.30. The van der Waals surface area contributed by atoms with E-state index in [0.29, 0.717) is 12.1 Å². The van der Waals surface area contributed by atoms with Crippen LogP contribution in [0, 0.1) is 5.41 Å². The number of anilines is 1. The van der Waals surface area contributed by atoms with Gasteiger partial charge in [-0.3, -0.25) is 0 Å². The van der Waals surface area contributed by atoms with Crippen LogP contribution in [0.5, 0.6) is 0 Å². The highest BCUT2D eigenvalue weighted by molar-refractivity contribution is 5.56. The Balaban J connectivity index is 3.20. The predicted octanol–water partition coefficient (Wildman–Crippen LogP) is 3.65. The van der Waals surface area contributed by atoms with Crippen LogP contribution in [0.2, 0.25) is 0 Å². The number of rotatable bonds is 3. The van der Waals surface area contributed by atoms with Crippen molar-refractivity contribution >= 4 is 5.69 Å². The van der Waals surface area contributed by atoms with E-state index in [1.807, 2.05) is 20.8 Å². The summed E-state index contributed by atoms with van der Waals surface area (Å²) >= 11 is 0. The van der Waals surface area contributed by atoms with E-state index in [-0.39, 0.29) is 17.6 Å². The molecule has 0 aliphatic rings. The lowest BCUT2D eigenvalue weighted by molar-refractivity contribution is -0.137. The highest BCUT2D eigenvalue weighted by Crippen LogP contribution is 2.37. The first-order valence-corrected chi connectivity index (χ1v) is 6.16. The Hall–Kier alpha value is -1.23. The average molecular weight is 274 g/mol. The van der Waals surface area contributed by atoms with Gasteiger partial charge in [0.25, 0.3) is 0 Å². The first kappa shape index (κ1) is 15.8. The summed E-state index contributed by atoms with van der Waals surface area (Å²) in [6, 6.07) is 4.27. The molecule has 108 valence electrons. The van der Waals surface area contributed by atoms with E-state index in [0.717, 1.165) is 6.07 Å². The van der Waals surface area contributed by atoms with Crippen molar-refractivity contribution in [1.29, 1.82) is 0 Å². The monoisotopic (exact) mass is 274 g/mol. The minimum absolute atomic E-state index is 0.0792. The maximum atomic E-state index is 13.1. The molecule has 1 aromatic rings. The predicted molar refractivity (Wildman–Crippen MR) is 72.1 cm³/mol. The zero-order valence-electron chi connectivity index (χ0n) is 11.8. The Morgan fingerprint density at radius 2 is 1.74 bits per heavy atom. The second kappa shape index (κ2) is 5.41. The summed E-state index contributed by atoms with van der Waals surface area (Å²) in [4.78, 5) is 1.64. The van der Waals surface area contributed by atoms with Crippen LogP contribution in [-0.4, -0.2) is 13.6 Å². The van der Waals surface area contributed by atoms with E-state index in [1.165, 1.54) is 6.07 Å². The third-order valence-corrected chi connectivity index (χ3v) is 2.72. The Morgan fingerprint density at radius 1 is 1.16 bits per heavy atom. The molecule has 0 saturated heterocycles. The minimum Gasteiger partial charge on any atom is -0.374 e. The molecule has 1 aromatic carbocycles. The molecule has 0 fully saturated rings. The molecule has 2 nitrogen and oxygen atoms in total. The van der Waals surface area contributed by atoms with Crippen molar-refractivity contribution in [1.82, 2.24) is 0 Å². The fourth-order valence-electron chi connectivity index (χ4n) is 2.07. The van der Waals surface area contributed by atoms with Crippen molar-refractivity contribution in [2.45, 2.75) is 33.5 Å². The highest BCUT2D eigenvalue weighted by atomic mass is 19.4. The van der Waals surface area contributed by atoms with Crippen LogP contribution in [0.4, 0.5) is 18.9 Å². The zero-order valence-corrected chi connectivity index (χ0v) is 11.8. The van der Waals surface area contributed by atoms with Crippen LogP contribution >= 0.6 is 0 Å². The molecule has 1 rings (SSSR count). The fourth-order valence-corrected chi connectivity index (χ4v) is 2.07. The second-order valence-corrected chi connectivity index (χ2v) is 5.97. The minimum atomic E-state index is -4.37. The molecule has 5 heteroatoms. The van der Waals surface area contributed by atoms with Crippen LogP contribution in [0.3, 0.4) is 0 Å². The van der Waals surface area contributed by atoms with Crippen molar-refractivity contribution in [3.05, 3.63) is 29.3 Å². The van der Waals surface area contributed by atoms with Crippen LogP contribution < -0.4 is 10.6 Å². The number of nitrogens with zero attached hydrogens (tertiary/aromatic N) is 1. The van der Waals surface area contributed by atoms with Gasteiger partial charge >= 0.3 is 6.18 Å². The van der Waals surface area contributed by atoms with E-state index in [9.17, 15) is 13.2 Å². The molecule has 19 heavy (non-hydrogen) atoms. The van der Waals surface area contributed by atoms with E-state index in [4.69, 9.17) is 5.73 Å². The molecule has 0 bridgehead atoms. The number of halogens is 3. The topological polar surface area (TPSA) is 29.3 Å². The molecule has 0 heterocycles. The van der Waals surface area contributed by atoms with E-state index in [1.54, 1.807) is 18.0 Å². The molecular formula is C14H21F3N2. The Bertz CT molecular complexity index is 433. The Kier molecular flexibility index (Phi) is 4.50. The molecule has 0 spiro atoms. The van der Waals surface area contributed by atoms with Crippen LogP contribution in [0.15, 0.2) is 18.2 Å². The van der Waals surface area contributed by atoms with Crippen molar-refractivity contribution in [2.24, 2.45) is 11.1 Å². The quantitative estimate of drug-likeness (QED) is 0.911. The van der Waals surface area contributed by atoms with Crippen molar-refractivity contribution in [2.75, 3.05) is 18.5 Å². The third-order valence-electron chi connectivity index (χ3n) is 2.72. The van der Waals surface area contributed by atoms with E-state index < -0.39 is 11.7 Å². The summed E-state index contributed by atoms with van der Waals surface area (Å²) in [6.07, 6.45) is -4.37. The number of hydrogen-bond acceptors (Lipinski definition) is 2. The van der Waals surface area contributed by atoms with Gasteiger partial charge in [0.2, 0.25) is 0 Å². The van der Waals surface area contributed by atoms with Crippen molar-refractivity contribution in [3.8, 4) is 0 Å². The molecule has 0 aromatic heterocycles. The molecular weight excluding hydrogens is 253 g/mol. The van der Waals surface area contributed by atoms with Gasteiger partial charge < -0.3 is 10.6 Å². The summed E-state index contributed by atoms with van der Waals surface area (Å²) in [5.74, 6) is 0. The summed E-state index contributed by atoms with van der Waals surface area (Å²) in [5.41, 5.74) is 5.39. The standard InChI is InChI=1S/C14H21F3N2/c1-13(2,3)9-19(4)12-6-5-10(8-18)7-11(12)14(15,16)17/h5-7H,8-9,18H2,1-4H3. The molecule has 0 atom stereocenters. The normalized spacial score (nSPS) is 12.6. The van der Waals surface area contributed by atoms with E-state index >= 15 is 0 Å². The third kappa shape index (κ3) is 4.42. The molecule has 0 aliphatic heterocycles. The molecule has 0 amide bonds.